The number of nitrogens with zero attached hydrogens (tertiary/aromatic N) is 1. The Morgan fingerprint density at radius 3 is 2.53 bits per heavy atom. The molecule has 1 aliphatic heterocycles. The molecule has 2 aromatic carbocycles. The van der Waals surface area contributed by atoms with Crippen LogP contribution in [0.15, 0.2) is 61.2 Å². The van der Waals surface area contributed by atoms with Crippen LogP contribution in [0.25, 0.3) is 0 Å². The van der Waals surface area contributed by atoms with Gasteiger partial charge in [-0.3, -0.25) is 4.79 Å². The molecule has 2 fully saturated rings. The normalized spacial score (nSPS) is 25.9. The number of halogens is 2. The molecular formula is C29H35Cl2NO2. The molecule has 3 nitrogen and oxygen atoms in total. The highest BCUT2D eigenvalue weighted by Gasteiger charge is 2.50. The summed E-state index contributed by atoms with van der Waals surface area (Å²) in [6.45, 7) is 9.68. The van der Waals surface area contributed by atoms with E-state index in [2.05, 4.69) is 43.5 Å². The van der Waals surface area contributed by atoms with Gasteiger partial charge in [0.25, 0.3) is 0 Å². The van der Waals surface area contributed by atoms with Crippen molar-refractivity contribution in [2.24, 2.45) is 11.3 Å². The Bertz CT molecular complexity index is 1000. The Morgan fingerprint density at radius 1 is 1.15 bits per heavy atom. The summed E-state index contributed by atoms with van der Waals surface area (Å²) >= 11 is 12.7. The summed E-state index contributed by atoms with van der Waals surface area (Å²) in [4.78, 5) is 16.2. The molecule has 2 aromatic rings. The lowest BCUT2D eigenvalue weighted by Gasteiger charge is -2.51. The number of hydrogen-bond acceptors (Lipinski definition) is 2. The Labute approximate surface area is 214 Å². The zero-order chi connectivity index (χ0) is 24.3. The van der Waals surface area contributed by atoms with E-state index in [1.54, 1.807) is 0 Å². The number of piperidine rings is 1. The predicted molar refractivity (Wildman–Crippen MR) is 140 cm³/mol. The smallest absolute Gasteiger partial charge is 0.229 e. The molecule has 1 saturated carbocycles. The number of amides is 1. The van der Waals surface area contributed by atoms with Crippen molar-refractivity contribution in [3.8, 4) is 0 Å². The van der Waals surface area contributed by atoms with Crippen LogP contribution >= 0.6 is 23.2 Å². The minimum absolute atomic E-state index is 0.0264. The number of carbonyl (C=O) groups is 1. The number of allylic oxidation sites excluding steroid dienone is 1. The van der Waals surface area contributed by atoms with Crippen molar-refractivity contribution in [1.29, 1.82) is 0 Å². The maximum absolute atomic E-state index is 14.1. The van der Waals surface area contributed by atoms with E-state index in [0.29, 0.717) is 23.1 Å². The lowest BCUT2D eigenvalue weighted by Crippen LogP contribution is -2.55. The van der Waals surface area contributed by atoms with E-state index >= 15 is 0 Å². The van der Waals surface area contributed by atoms with Crippen molar-refractivity contribution < 1.29 is 9.53 Å². The van der Waals surface area contributed by atoms with Crippen LogP contribution in [0, 0.1) is 11.3 Å². The number of likely N-dealkylation sites (tertiary alicyclic amines) is 1. The molecule has 0 unspecified atom stereocenters. The molecule has 182 valence electrons. The number of hydrogen-bond donors (Lipinski definition) is 0. The summed E-state index contributed by atoms with van der Waals surface area (Å²) in [6.07, 6.45) is 6.59. The van der Waals surface area contributed by atoms with Crippen LogP contribution in [0.3, 0.4) is 0 Å². The SMILES string of the molecule is C=CC[C@@]1(C)C[C@H](c2cccc(Cl)c2)[C@@H](c2ccc(Cl)cc2)N([C@@H](C)CCOCC2CC2)C1=O. The molecular weight excluding hydrogens is 465 g/mol. The molecule has 4 rings (SSSR count). The quantitative estimate of drug-likeness (QED) is 0.246. The number of ether oxygens (including phenoxy) is 1. The first kappa shape index (κ1) is 25.3. The van der Waals surface area contributed by atoms with Crippen molar-refractivity contribution >= 4 is 29.1 Å². The summed E-state index contributed by atoms with van der Waals surface area (Å²) in [5, 5.41) is 1.40. The van der Waals surface area contributed by atoms with Gasteiger partial charge in [-0.2, -0.15) is 0 Å². The monoisotopic (exact) mass is 499 g/mol. The third-order valence-electron chi connectivity index (χ3n) is 7.39. The number of rotatable bonds is 10. The first-order chi connectivity index (χ1) is 16.3. The number of benzene rings is 2. The van der Waals surface area contributed by atoms with E-state index in [9.17, 15) is 4.79 Å². The average Bonchev–Trinajstić information content (AvgIpc) is 3.63. The fourth-order valence-corrected chi connectivity index (χ4v) is 5.62. The van der Waals surface area contributed by atoms with E-state index in [1.165, 1.54) is 12.8 Å². The van der Waals surface area contributed by atoms with Crippen LogP contribution in [-0.2, 0) is 9.53 Å². The van der Waals surface area contributed by atoms with Gasteiger partial charge in [0.1, 0.15) is 0 Å². The van der Waals surface area contributed by atoms with Gasteiger partial charge in [-0.1, -0.05) is 60.5 Å². The van der Waals surface area contributed by atoms with Crippen LogP contribution < -0.4 is 0 Å². The second-order valence-corrected chi connectivity index (χ2v) is 11.2. The van der Waals surface area contributed by atoms with Gasteiger partial charge in [-0.05, 0) is 80.3 Å². The largest absolute Gasteiger partial charge is 0.381 e. The second kappa shape index (κ2) is 10.8. The minimum atomic E-state index is -0.527. The fraction of sp³-hybridized carbons (Fsp3) is 0.483. The molecule has 34 heavy (non-hydrogen) atoms. The molecule has 5 heteroatoms. The van der Waals surface area contributed by atoms with Crippen molar-refractivity contribution in [3.63, 3.8) is 0 Å². The molecule has 0 aromatic heterocycles. The summed E-state index contributed by atoms with van der Waals surface area (Å²) < 4.78 is 5.95. The van der Waals surface area contributed by atoms with Gasteiger partial charge in [0.2, 0.25) is 5.91 Å². The van der Waals surface area contributed by atoms with Gasteiger partial charge in [0.05, 0.1) is 11.5 Å². The van der Waals surface area contributed by atoms with E-state index in [-0.39, 0.29) is 23.9 Å². The Kier molecular flexibility index (Phi) is 8.07. The highest BCUT2D eigenvalue weighted by Crippen LogP contribution is 2.52. The second-order valence-electron chi connectivity index (χ2n) is 10.3. The molecule has 4 atom stereocenters. The zero-order valence-electron chi connectivity index (χ0n) is 20.2. The maximum Gasteiger partial charge on any atom is 0.229 e. The van der Waals surface area contributed by atoms with Gasteiger partial charge in [0, 0.05) is 35.2 Å². The van der Waals surface area contributed by atoms with Crippen LogP contribution in [0.1, 0.15) is 69.0 Å². The van der Waals surface area contributed by atoms with Crippen molar-refractivity contribution in [3.05, 3.63) is 82.4 Å². The van der Waals surface area contributed by atoms with Gasteiger partial charge in [-0.15, -0.1) is 6.58 Å². The number of carbonyl (C=O) groups excluding carboxylic acids is 1. The third kappa shape index (κ3) is 5.70. The summed E-state index contributed by atoms with van der Waals surface area (Å²) in [5.74, 6) is 1.01. The summed E-state index contributed by atoms with van der Waals surface area (Å²) in [5.41, 5.74) is 1.72. The molecule has 0 radical (unpaired) electrons. The molecule has 0 spiro atoms. The Hall–Kier alpha value is -1.81. The van der Waals surface area contributed by atoms with Crippen molar-refractivity contribution in [2.75, 3.05) is 13.2 Å². The van der Waals surface area contributed by atoms with Crippen molar-refractivity contribution in [2.45, 2.75) is 64.0 Å². The van der Waals surface area contributed by atoms with E-state index in [1.807, 2.05) is 36.4 Å². The first-order valence-corrected chi connectivity index (χ1v) is 13.1. The van der Waals surface area contributed by atoms with E-state index in [4.69, 9.17) is 27.9 Å². The minimum Gasteiger partial charge on any atom is -0.381 e. The molecule has 2 aliphatic rings. The van der Waals surface area contributed by atoms with Gasteiger partial charge in [0.15, 0.2) is 0 Å². The lowest BCUT2D eigenvalue weighted by atomic mass is 9.67. The molecule has 1 heterocycles. The average molecular weight is 501 g/mol. The van der Waals surface area contributed by atoms with Gasteiger partial charge >= 0.3 is 0 Å². The fourth-order valence-electron chi connectivity index (χ4n) is 5.30. The molecule has 1 amide bonds. The maximum atomic E-state index is 14.1. The predicted octanol–water partition coefficient (Wildman–Crippen LogP) is 7.84. The Morgan fingerprint density at radius 2 is 1.88 bits per heavy atom. The molecule has 0 bridgehead atoms. The standard InChI is InChI=1S/C29H35Cl2NO2/c1-4-15-29(3)18-26(23-6-5-7-25(31)17-23)27(22-10-12-24(30)13-11-22)32(28(29)33)20(2)14-16-34-19-21-8-9-21/h4-7,10-13,17,20-21,26-27H,1,8-9,14-16,18-19H2,2-3H3/t20-,26+,27+,29-/m0/s1. The van der Waals surface area contributed by atoms with Gasteiger partial charge < -0.3 is 9.64 Å². The molecule has 0 N–H and O–H groups in total. The zero-order valence-corrected chi connectivity index (χ0v) is 21.7. The third-order valence-corrected chi connectivity index (χ3v) is 7.88. The highest BCUT2D eigenvalue weighted by atomic mass is 35.5. The van der Waals surface area contributed by atoms with Crippen LogP contribution in [0.5, 0.6) is 0 Å². The van der Waals surface area contributed by atoms with Crippen LogP contribution in [-0.4, -0.2) is 30.1 Å². The first-order valence-electron chi connectivity index (χ1n) is 12.3. The summed E-state index contributed by atoms with van der Waals surface area (Å²) in [7, 11) is 0. The molecule has 1 saturated heterocycles. The lowest BCUT2D eigenvalue weighted by molar-refractivity contribution is -0.154. The molecule has 1 aliphatic carbocycles. The van der Waals surface area contributed by atoms with Gasteiger partial charge in [-0.25, -0.2) is 0 Å². The Balaban J connectivity index is 1.72. The topological polar surface area (TPSA) is 29.5 Å². The van der Waals surface area contributed by atoms with Crippen LogP contribution in [0.4, 0.5) is 0 Å². The van der Waals surface area contributed by atoms with Crippen molar-refractivity contribution in [1.82, 2.24) is 4.90 Å². The summed E-state index contributed by atoms with van der Waals surface area (Å²) in [6, 6.07) is 15.9. The highest BCUT2D eigenvalue weighted by molar-refractivity contribution is 6.30. The van der Waals surface area contributed by atoms with E-state index < -0.39 is 5.41 Å². The van der Waals surface area contributed by atoms with Crippen LogP contribution in [0.2, 0.25) is 10.0 Å². The van der Waals surface area contributed by atoms with E-state index in [0.717, 1.165) is 36.5 Å².